The maximum atomic E-state index is 12.7. The van der Waals surface area contributed by atoms with Crippen LogP contribution < -0.4 is 0 Å². The van der Waals surface area contributed by atoms with Gasteiger partial charge in [0.1, 0.15) is 0 Å². The van der Waals surface area contributed by atoms with Crippen molar-refractivity contribution in [1.82, 2.24) is 5.01 Å². The minimum atomic E-state index is -4.96. The third-order valence-corrected chi connectivity index (χ3v) is 4.03. The van der Waals surface area contributed by atoms with Crippen LogP contribution in [0.3, 0.4) is 0 Å². The highest BCUT2D eigenvalue weighted by Crippen LogP contribution is 2.39. The summed E-state index contributed by atoms with van der Waals surface area (Å²) in [6.45, 7) is 0. The number of carbonyl (C=O) groups excluding carboxylic acids is 1. The van der Waals surface area contributed by atoms with Crippen molar-refractivity contribution in [3.63, 3.8) is 0 Å². The third kappa shape index (κ3) is 2.06. The Hall–Kier alpha value is -0.930. The van der Waals surface area contributed by atoms with E-state index in [9.17, 15) is 23.1 Å². The standard InChI is InChI=1S/C9H6BrF3N2O2S/c10-5-3-6(18-4-5)7(16)15-8(17,1-2-14-15)9(11,12)13/h2-4,17H,1H2/t8-/m1/s1. The van der Waals surface area contributed by atoms with Gasteiger partial charge in [0.2, 0.25) is 0 Å². The average molecular weight is 343 g/mol. The molecule has 0 unspecified atom stereocenters. The van der Waals surface area contributed by atoms with E-state index in [0.717, 1.165) is 17.6 Å². The number of thiophene rings is 1. The van der Waals surface area contributed by atoms with E-state index in [1.807, 2.05) is 0 Å². The molecule has 0 radical (unpaired) electrons. The van der Waals surface area contributed by atoms with Crippen molar-refractivity contribution in [2.24, 2.45) is 5.10 Å². The van der Waals surface area contributed by atoms with Crippen LogP contribution in [-0.2, 0) is 0 Å². The van der Waals surface area contributed by atoms with E-state index in [0.29, 0.717) is 4.47 Å². The van der Waals surface area contributed by atoms with Gasteiger partial charge in [-0.1, -0.05) is 0 Å². The van der Waals surface area contributed by atoms with Gasteiger partial charge < -0.3 is 5.11 Å². The molecule has 0 bridgehead atoms. The minimum Gasteiger partial charge on any atom is -0.362 e. The quantitative estimate of drug-likeness (QED) is 0.852. The Balaban J connectivity index is 2.33. The van der Waals surface area contributed by atoms with Crippen LogP contribution in [-0.4, -0.2) is 34.1 Å². The van der Waals surface area contributed by atoms with Gasteiger partial charge in [-0.05, 0) is 22.0 Å². The Morgan fingerprint density at radius 2 is 2.28 bits per heavy atom. The topological polar surface area (TPSA) is 52.9 Å². The van der Waals surface area contributed by atoms with Crippen LogP contribution in [0.25, 0.3) is 0 Å². The first kappa shape index (κ1) is 13.5. The summed E-state index contributed by atoms with van der Waals surface area (Å²) in [5.41, 5.74) is -3.26. The lowest BCUT2D eigenvalue weighted by atomic mass is 10.1. The van der Waals surface area contributed by atoms with Crippen molar-refractivity contribution in [3.05, 3.63) is 20.8 Å². The van der Waals surface area contributed by atoms with Gasteiger partial charge >= 0.3 is 6.18 Å². The second-order valence-electron chi connectivity index (χ2n) is 3.56. The molecule has 1 aromatic heterocycles. The second kappa shape index (κ2) is 4.32. The number of alkyl halides is 3. The van der Waals surface area contributed by atoms with E-state index < -0.39 is 24.2 Å². The van der Waals surface area contributed by atoms with Crippen LogP contribution >= 0.6 is 27.3 Å². The molecular formula is C9H6BrF3N2O2S. The lowest BCUT2D eigenvalue weighted by molar-refractivity contribution is -0.297. The summed E-state index contributed by atoms with van der Waals surface area (Å²) in [7, 11) is 0. The summed E-state index contributed by atoms with van der Waals surface area (Å²) in [4.78, 5) is 11.9. The molecule has 4 nitrogen and oxygen atoms in total. The summed E-state index contributed by atoms with van der Waals surface area (Å²) in [6.07, 6.45) is -4.86. The van der Waals surface area contributed by atoms with Gasteiger partial charge in [-0.15, -0.1) is 11.3 Å². The summed E-state index contributed by atoms with van der Waals surface area (Å²) in [5, 5.41) is 14.5. The molecule has 9 heteroatoms. The van der Waals surface area contributed by atoms with E-state index in [4.69, 9.17) is 0 Å². The second-order valence-corrected chi connectivity index (χ2v) is 5.39. The van der Waals surface area contributed by atoms with Crippen molar-refractivity contribution in [3.8, 4) is 0 Å². The summed E-state index contributed by atoms with van der Waals surface area (Å²) in [6, 6.07) is 1.37. The van der Waals surface area contributed by atoms with Crippen LogP contribution in [0.4, 0.5) is 13.2 Å². The predicted octanol–water partition coefficient (Wildman–Crippen LogP) is 2.59. The molecule has 1 atom stereocenters. The molecule has 18 heavy (non-hydrogen) atoms. The first-order valence-electron chi connectivity index (χ1n) is 4.66. The molecule has 98 valence electrons. The van der Waals surface area contributed by atoms with Crippen molar-refractivity contribution in [2.45, 2.75) is 18.3 Å². The first-order chi connectivity index (χ1) is 8.25. The highest BCUT2D eigenvalue weighted by Gasteiger charge is 2.61. The van der Waals surface area contributed by atoms with Gasteiger partial charge in [-0.2, -0.15) is 23.3 Å². The number of nitrogens with zero attached hydrogens (tertiary/aromatic N) is 2. The van der Waals surface area contributed by atoms with Crippen molar-refractivity contribution in [1.29, 1.82) is 0 Å². The molecule has 0 aliphatic carbocycles. The van der Waals surface area contributed by atoms with Gasteiger partial charge in [0.25, 0.3) is 11.6 Å². The molecule has 2 rings (SSSR count). The van der Waals surface area contributed by atoms with Gasteiger partial charge in [-0.3, -0.25) is 4.79 Å². The fourth-order valence-corrected chi connectivity index (χ4v) is 2.77. The number of hydrogen-bond acceptors (Lipinski definition) is 4. The third-order valence-electron chi connectivity index (χ3n) is 2.35. The highest BCUT2D eigenvalue weighted by molar-refractivity contribution is 9.10. The van der Waals surface area contributed by atoms with E-state index in [1.165, 1.54) is 6.07 Å². The fourth-order valence-electron chi connectivity index (χ4n) is 1.42. The number of hydrazone groups is 1. The first-order valence-corrected chi connectivity index (χ1v) is 6.33. The zero-order valence-electron chi connectivity index (χ0n) is 8.61. The van der Waals surface area contributed by atoms with E-state index >= 15 is 0 Å². The normalized spacial score (nSPS) is 23.7. The summed E-state index contributed by atoms with van der Waals surface area (Å²) in [5.74, 6) is -0.987. The van der Waals surface area contributed by atoms with Gasteiger partial charge in [0.05, 0.1) is 4.88 Å². The molecule has 1 aliphatic heterocycles. The van der Waals surface area contributed by atoms with Crippen LogP contribution in [0.2, 0.25) is 0 Å². The van der Waals surface area contributed by atoms with E-state index in [2.05, 4.69) is 21.0 Å². The van der Waals surface area contributed by atoms with Crippen LogP contribution in [0, 0.1) is 0 Å². The van der Waals surface area contributed by atoms with Gasteiger partial charge in [0.15, 0.2) is 0 Å². The molecule has 0 saturated carbocycles. The SMILES string of the molecule is O=C(c1cc(Br)cs1)N1N=CC[C@@]1(O)C(F)(F)F. The molecular weight excluding hydrogens is 337 g/mol. The molecule has 1 aliphatic rings. The molecule has 1 amide bonds. The fraction of sp³-hybridized carbons (Fsp3) is 0.333. The molecule has 2 heterocycles. The zero-order valence-corrected chi connectivity index (χ0v) is 11.0. The number of aliphatic hydroxyl groups is 1. The number of halogens is 4. The lowest BCUT2D eigenvalue weighted by Crippen LogP contribution is -2.56. The summed E-state index contributed by atoms with van der Waals surface area (Å²) < 4.78 is 38.8. The van der Waals surface area contributed by atoms with Crippen LogP contribution in [0.5, 0.6) is 0 Å². The lowest BCUT2D eigenvalue weighted by Gasteiger charge is -2.32. The Bertz CT molecular complexity index is 516. The Labute approximate surface area is 112 Å². The van der Waals surface area contributed by atoms with Crippen molar-refractivity contribution < 1.29 is 23.1 Å². The van der Waals surface area contributed by atoms with Crippen LogP contribution in [0.1, 0.15) is 16.1 Å². The molecule has 1 N–H and O–H groups in total. The molecule has 0 fully saturated rings. The number of hydrogen-bond donors (Lipinski definition) is 1. The molecule has 0 aromatic carbocycles. The minimum absolute atomic E-state index is 0.0589. The Morgan fingerprint density at radius 3 is 2.78 bits per heavy atom. The molecule has 1 aromatic rings. The highest BCUT2D eigenvalue weighted by atomic mass is 79.9. The number of carbonyl (C=O) groups is 1. The Morgan fingerprint density at radius 1 is 1.61 bits per heavy atom. The number of amides is 1. The smallest absolute Gasteiger partial charge is 0.362 e. The van der Waals surface area contributed by atoms with Gasteiger partial charge in [-0.25, -0.2) is 0 Å². The monoisotopic (exact) mass is 342 g/mol. The summed E-state index contributed by atoms with van der Waals surface area (Å²) >= 11 is 4.06. The average Bonchev–Trinajstić information content (AvgIpc) is 2.83. The Kier molecular flexibility index (Phi) is 3.24. The van der Waals surface area contributed by atoms with Gasteiger partial charge in [0, 0.05) is 22.5 Å². The van der Waals surface area contributed by atoms with Crippen LogP contribution in [0.15, 0.2) is 21.0 Å². The number of rotatable bonds is 1. The van der Waals surface area contributed by atoms with Crippen molar-refractivity contribution in [2.75, 3.05) is 0 Å². The largest absolute Gasteiger partial charge is 0.438 e. The van der Waals surface area contributed by atoms with E-state index in [1.54, 1.807) is 5.38 Å². The van der Waals surface area contributed by atoms with E-state index in [-0.39, 0.29) is 9.89 Å². The predicted molar refractivity (Wildman–Crippen MR) is 62.3 cm³/mol. The molecule has 0 spiro atoms. The maximum Gasteiger partial charge on any atom is 0.438 e. The maximum absolute atomic E-state index is 12.7. The van der Waals surface area contributed by atoms with Crippen molar-refractivity contribution >= 4 is 39.4 Å². The zero-order chi connectivity index (χ0) is 13.6. The molecule has 0 saturated heterocycles.